The molecule has 0 saturated heterocycles. The average Bonchev–Trinajstić information content (AvgIpc) is 1.44. The van der Waals surface area contributed by atoms with E-state index in [1.807, 2.05) is 0 Å². The predicted molar refractivity (Wildman–Crippen MR) is 385 cm³/mol. The molecule has 2 aliphatic heterocycles. The molecule has 0 unspecified atom stereocenters. The highest BCUT2D eigenvalue weighted by Gasteiger charge is 2.55. The second-order valence-electron chi connectivity index (χ2n) is 24.9. The molecule has 0 aliphatic carbocycles. The Morgan fingerprint density at radius 1 is 0.391 bits per heavy atom. The van der Waals surface area contributed by atoms with Crippen molar-refractivity contribution < 1.29 is 18.4 Å². The number of hydrogen-bond donors (Lipinski definition) is 0. The topological polar surface area (TPSA) is 83.7 Å². The van der Waals surface area contributed by atoms with Crippen LogP contribution in [0.4, 0.5) is 0 Å². The molecule has 8 aromatic carbocycles. The Kier molecular flexibility index (Phi) is 17.2. The van der Waals surface area contributed by atoms with Gasteiger partial charge in [-0.3, -0.25) is 0 Å². The summed E-state index contributed by atoms with van der Waals surface area (Å²) in [5, 5.41) is 30.6. The molecular formula is C80H72B2Br2N6O2. The van der Waals surface area contributed by atoms with Crippen LogP contribution < -0.4 is 51.0 Å². The summed E-state index contributed by atoms with van der Waals surface area (Å²) in [7, 11) is 0. The second-order valence-corrected chi connectivity index (χ2v) is 26.7. The van der Waals surface area contributed by atoms with Crippen LogP contribution in [-0.4, -0.2) is 35.0 Å². The van der Waals surface area contributed by atoms with E-state index in [9.17, 15) is 10.5 Å². The molecule has 454 valence electrons. The number of fused-ring (bicyclic) bond motifs is 11. The fourth-order valence-electron chi connectivity index (χ4n) is 15.7. The Bertz CT molecular complexity index is 4550. The minimum atomic E-state index is -2.42. The fraction of sp³-hybridized carbons (Fsp3) is 0.200. The summed E-state index contributed by atoms with van der Waals surface area (Å²) in [6.07, 6.45) is 9.15. The van der Waals surface area contributed by atoms with E-state index in [4.69, 9.17) is 9.47 Å². The van der Waals surface area contributed by atoms with Crippen molar-refractivity contribution in [2.75, 3.05) is 13.2 Å². The number of nitrogens with zero attached hydrogens (tertiary/aromatic N) is 6. The van der Waals surface area contributed by atoms with Gasteiger partial charge in [0.2, 0.25) is 0 Å². The van der Waals surface area contributed by atoms with Gasteiger partial charge < -0.3 is 27.4 Å². The van der Waals surface area contributed by atoms with Gasteiger partial charge in [-0.15, -0.1) is 21.9 Å². The molecule has 0 fully saturated rings. The van der Waals surface area contributed by atoms with Crippen LogP contribution in [0.2, 0.25) is 0 Å². The Morgan fingerprint density at radius 2 is 0.728 bits per heavy atom. The van der Waals surface area contributed by atoms with Gasteiger partial charge in [-0.25, -0.2) is 0 Å². The SMILES string of the molecule is CCCCCCCCOc1ccc(-c2c3c4n(c(-c5ccc(OCCCCCCCC)cc5)c3c3n2[B-](c2ccccc2)(c2ccccc2)[n+]2c(ccc5cc(Br)ccc52)C=3C#N)[B-](c2ccccc2)(c2ccccc2)[n+]2c(ccc3cc(Br)ccc32)C=4C#N)cc1. The third-order valence-corrected chi connectivity index (χ3v) is 20.6. The number of hydrogen-bond acceptors (Lipinski definition) is 4. The van der Waals surface area contributed by atoms with Crippen molar-refractivity contribution in [1.29, 1.82) is 10.5 Å². The number of rotatable bonds is 22. The lowest BCUT2D eigenvalue weighted by Gasteiger charge is -2.45. The highest BCUT2D eigenvalue weighted by atomic mass is 79.9. The largest absolute Gasteiger partial charge is 0.494 e. The molecule has 92 heavy (non-hydrogen) atoms. The highest BCUT2D eigenvalue weighted by Crippen LogP contribution is 2.41. The van der Waals surface area contributed by atoms with Gasteiger partial charge in [-0.1, -0.05) is 231 Å². The molecule has 8 nitrogen and oxygen atoms in total. The number of aromatic nitrogens is 4. The number of nitriles is 2. The minimum absolute atomic E-state index is 0.508. The summed E-state index contributed by atoms with van der Waals surface area (Å²) in [5.74, 6) is 1.57. The smallest absolute Gasteiger partial charge is 0.435 e. The zero-order valence-corrected chi connectivity index (χ0v) is 55.4. The minimum Gasteiger partial charge on any atom is -0.494 e. The molecule has 0 radical (unpaired) electrons. The van der Waals surface area contributed by atoms with Gasteiger partial charge in [0.15, 0.2) is 22.4 Å². The summed E-state index contributed by atoms with van der Waals surface area (Å²) in [6.45, 7) is 5.75. The van der Waals surface area contributed by atoms with Gasteiger partial charge in [-0.05, 0) is 109 Å². The first kappa shape index (κ1) is 60.4. The molecule has 12 heteroatoms. The molecule has 4 aromatic heterocycles. The van der Waals surface area contributed by atoms with Crippen molar-refractivity contribution in [2.45, 2.75) is 90.9 Å². The molecule has 6 heterocycles. The van der Waals surface area contributed by atoms with Crippen molar-refractivity contribution >= 4 is 110 Å². The zero-order valence-electron chi connectivity index (χ0n) is 52.2. The number of halogens is 2. The molecule has 0 spiro atoms. The normalized spacial score (nSPS) is 13.5. The van der Waals surface area contributed by atoms with Crippen LogP contribution in [0.15, 0.2) is 239 Å². The monoisotopic (exact) mass is 1330 g/mol. The number of benzene rings is 8. The van der Waals surface area contributed by atoms with E-state index in [2.05, 4.69) is 306 Å². The lowest BCUT2D eigenvalue weighted by atomic mass is 9.35. The van der Waals surface area contributed by atoms with Gasteiger partial charge in [-0.2, -0.15) is 10.5 Å². The third kappa shape index (κ3) is 10.2. The first-order chi connectivity index (χ1) is 45.4. The number of ether oxygens (including phenoxy) is 2. The van der Waals surface area contributed by atoms with Crippen molar-refractivity contribution in [3.05, 3.63) is 262 Å². The van der Waals surface area contributed by atoms with Crippen molar-refractivity contribution in [2.24, 2.45) is 0 Å². The van der Waals surface area contributed by atoms with E-state index < -0.39 is 12.8 Å². The van der Waals surface area contributed by atoms with Crippen LogP contribution in [0, 0.1) is 22.7 Å². The van der Waals surface area contributed by atoms with Gasteiger partial charge >= 0.3 is 12.8 Å². The Hall–Kier alpha value is -9.19. The Balaban J connectivity index is 1.21. The van der Waals surface area contributed by atoms with E-state index in [1.54, 1.807) is 0 Å². The van der Waals surface area contributed by atoms with Gasteiger partial charge in [0.05, 0.1) is 13.2 Å². The molecule has 2 aliphatic rings. The lowest BCUT2D eigenvalue weighted by Crippen LogP contribution is -2.87. The van der Waals surface area contributed by atoms with Gasteiger partial charge in [0, 0.05) is 76.8 Å². The van der Waals surface area contributed by atoms with E-state index in [-0.39, 0.29) is 0 Å². The molecule has 0 amide bonds. The summed E-state index contributed by atoms with van der Waals surface area (Å²) in [4.78, 5) is 0. The zero-order chi connectivity index (χ0) is 62.8. The van der Waals surface area contributed by atoms with E-state index in [1.165, 1.54) is 51.4 Å². The second kappa shape index (κ2) is 26.2. The van der Waals surface area contributed by atoms with E-state index >= 15 is 0 Å². The van der Waals surface area contributed by atoms with Crippen LogP contribution in [0.1, 0.15) is 102 Å². The molecule has 12 aromatic rings. The quantitative estimate of drug-likeness (QED) is 0.0500. The molecule has 0 bridgehead atoms. The lowest BCUT2D eigenvalue weighted by molar-refractivity contribution is -0.519. The van der Waals surface area contributed by atoms with E-state index in [0.717, 1.165) is 145 Å². The number of unbranched alkanes of at least 4 members (excludes halogenated alkanes) is 10. The van der Waals surface area contributed by atoms with Crippen molar-refractivity contribution in [3.63, 3.8) is 0 Å². The third-order valence-electron chi connectivity index (χ3n) is 19.6. The summed E-state index contributed by atoms with van der Waals surface area (Å²) in [5.41, 5.74) is 12.2. The average molecular weight is 1330 g/mol. The summed E-state index contributed by atoms with van der Waals surface area (Å²) in [6, 6.07) is 88.3. The van der Waals surface area contributed by atoms with Crippen LogP contribution in [0.3, 0.4) is 0 Å². The molecular weight excluding hydrogens is 1260 g/mol. The van der Waals surface area contributed by atoms with Crippen LogP contribution in [-0.2, 0) is 0 Å². The van der Waals surface area contributed by atoms with Gasteiger partial charge in [0.25, 0.3) is 0 Å². The van der Waals surface area contributed by atoms with Crippen molar-refractivity contribution in [1.82, 2.24) is 8.96 Å². The Labute approximate surface area is 556 Å². The molecule has 0 atom stereocenters. The highest BCUT2D eigenvalue weighted by molar-refractivity contribution is 9.10. The maximum absolute atomic E-state index is 12.6. The standard InChI is InChI=1S/C80H72B2Br2N6O2/c1-3-5-7-9-11-25-51-91-67-43-35-57(36-44-67)77-75-76(80-70(56-86)74-48-40-59-53-65(83)41-49-71(59)87(74)81(89(77)80,61-27-17-13-18-28-61)62-29-19-14-20-30-62)78(58-37-45-68(46-38-58)92-52-26-12-10-8-6-4-2)90-79(75)69(55-85)73-47-39-60-54-66(84)42-50-72(60)88(73)82(90,63-31-21-15-22-32-63)64-33-23-16-24-34-64/h13-24,27-50,53-54H,3-12,25-26,51-52H2,1-2H3. The predicted octanol–water partition coefficient (Wildman–Crippen LogP) is 15.0. The maximum atomic E-state index is 12.6. The van der Waals surface area contributed by atoms with Gasteiger partial charge in [0.1, 0.15) is 34.8 Å². The fourth-order valence-corrected chi connectivity index (χ4v) is 16.4. The van der Waals surface area contributed by atoms with Crippen molar-refractivity contribution in [3.8, 4) is 46.2 Å². The van der Waals surface area contributed by atoms with Crippen LogP contribution >= 0.6 is 31.9 Å². The van der Waals surface area contributed by atoms with E-state index in [0.29, 0.717) is 24.4 Å². The van der Waals surface area contributed by atoms with Crippen LogP contribution in [0.25, 0.3) is 66.2 Å². The first-order valence-electron chi connectivity index (χ1n) is 33.0. The summed E-state index contributed by atoms with van der Waals surface area (Å²) < 4.78 is 25.2. The maximum Gasteiger partial charge on any atom is 0.435 e. The van der Waals surface area contributed by atoms with Crippen LogP contribution in [0.5, 0.6) is 11.5 Å². The molecule has 0 N–H and O–H groups in total. The first-order valence-corrected chi connectivity index (χ1v) is 34.6. The summed E-state index contributed by atoms with van der Waals surface area (Å²) >= 11 is 7.71. The molecule has 0 saturated carbocycles. The molecule has 14 rings (SSSR count). The number of pyridine rings is 2. The Morgan fingerprint density at radius 3 is 1.07 bits per heavy atom.